The summed E-state index contributed by atoms with van der Waals surface area (Å²) in [6.45, 7) is 6.86. The summed E-state index contributed by atoms with van der Waals surface area (Å²) in [5.41, 5.74) is 0. The molecule has 1 atom stereocenters. The molecule has 0 saturated heterocycles. The first kappa shape index (κ1) is 14.9. The first-order valence-corrected chi connectivity index (χ1v) is 5.41. The SMILES string of the molecule is CC(C)OC(=O)CC[C@H](O)C(=O)OC(C)C. The minimum Gasteiger partial charge on any atom is -0.463 e. The molecule has 0 radical (unpaired) electrons. The molecule has 0 aliphatic heterocycles. The summed E-state index contributed by atoms with van der Waals surface area (Å²) in [4.78, 5) is 22.3. The smallest absolute Gasteiger partial charge is 0.335 e. The van der Waals surface area contributed by atoms with Crippen molar-refractivity contribution in [3.8, 4) is 0 Å². The van der Waals surface area contributed by atoms with Crippen LogP contribution in [0.25, 0.3) is 0 Å². The Morgan fingerprint density at radius 3 is 2.00 bits per heavy atom. The van der Waals surface area contributed by atoms with Crippen LogP contribution in [0.2, 0.25) is 0 Å². The fourth-order valence-corrected chi connectivity index (χ4v) is 1.01. The summed E-state index contributed by atoms with van der Waals surface area (Å²) < 4.78 is 9.64. The molecule has 0 bridgehead atoms. The van der Waals surface area contributed by atoms with Crippen molar-refractivity contribution in [2.45, 2.75) is 58.8 Å². The van der Waals surface area contributed by atoms with Crippen molar-refractivity contribution >= 4 is 11.9 Å². The second-order valence-corrected chi connectivity index (χ2v) is 4.08. The van der Waals surface area contributed by atoms with E-state index in [-0.39, 0.29) is 25.0 Å². The number of hydrogen-bond donors (Lipinski definition) is 1. The predicted octanol–water partition coefficient (Wildman–Crippen LogP) is 1.03. The van der Waals surface area contributed by atoms with Gasteiger partial charge in [-0.2, -0.15) is 0 Å². The maximum atomic E-state index is 11.2. The van der Waals surface area contributed by atoms with Gasteiger partial charge in [-0.15, -0.1) is 0 Å². The number of esters is 2. The number of aliphatic hydroxyl groups is 1. The van der Waals surface area contributed by atoms with Gasteiger partial charge in [-0.1, -0.05) is 0 Å². The van der Waals surface area contributed by atoms with Crippen molar-refractivity contribution in [2.24, 2.45) is 0 Å². The van der Waals surface area contributed by atoms with Crippen molar-refractivity contribution < 1.29 is 24.2 Å². The Labute approximate surface area is 95.7 Å². The number of rotatable bonds is 6. The normalized spacial score (nSPS) is 12.7. The van der Waals surface area contributed by atoms with Crippen LogP contribution in [0.5, 0.6) is 0 Å². The topological polar surface area (TPSA) is 72.8 Å². The van der Waals surface area contributed by atoms with Crippen molar-refractivity contribution in [3.05, 3.63) is 0 Å². The molecule has 1 N–H and O–H groups in total. The van der Waals surface area contributed by atoms with E-state index in [1.54, 1.807) is 27.7 Å². The molecular weight excluding hydrogens is 212 g/mol. The zero-order chi connectivity index (χ0) is 12.7. The van der Waals surface area contributed by atoms with Crippen molar-refractivity contribution in [1.29, 1.82) is 0 Å². The lowest BCUT2D eigenvalue weighted by atomic mass is 10.2. The van der Waals surface area contributed by atoms with Crippen LogP contribution in [0.3, 0.4) is 0 Å². The Balaban J connectivity index is 3.84. The largest absolute Gasteiger partial charge is 0.463 e. The zero-order valence-electron chi connectivity index (χ0n) is 10.2. The molecule has 0 rings (SSSR count). The molecule has 94 valence electrons. The zero-order valence-corrected chi connectivity index (χ0v) is 10.2. The number of aliphatic hydroxyl groups excluding tert-OH is 1. The average molecular weight is 232 g/mol. The van der Waals surface area contributed by atoms with E-state index in [2.05, 4.69) is 0 Å². The van der Waals surface area contributed by atoms with E-state index in [0.717, 1.165) is 0 Å². The van der Waals surface area contributed by atoms with Gasteiger partial charge in [-0.25, -0.2) is 4.79 Å². The molecule has 0 aliphatic rings. The minimum absolute atomic E-state index is 0.00649. The molecule has 0 aromatic carbocycles. The number of carbonyl (C=O) groups excluding carboxylic acids is 2. The summed E-state index contributed by atoms with van der Waals surface area (Å²) in [6.07, 6.45) is -1.69. The van der Waals surface area contributed by atoms with Crippen LogP contribution in [0.4, 0.5) is 0 Å². The van der Waals surface area contributed by atoms with Crippen LogP contribution >= 0.6 is 0 Å². The van der Waals surface area contributed by atoms with Gasteiger partial charge in [0.05, 0.1) is 12.2 Å². The molecule has 0 fully saturated rings. The third kappa shape index (κ3) is 7.23. The highest BCUT2D eigenvalue weighted by molar-refractivity contribution is 5.76. The maximum absolute atomic E-state index is 11.2. The number of ether oxygens (including phenoxy) is 2. The van der Waals surface area contributed by atoms with Crippen LogP contribution in [0.15, 0.2) is 0 Å². The average Bonchev–Trinajstić information content (AvgIpc) is 2.11. The Kier molecular flexibility index (Phi) is 6.72. The van der Waals surface area contributed by atoms with E-state index in [1.165, 1.54) is 0 Å². The molecule has 0 saturated carbocycles. The number of carbonyl (C=O) groups is 2. The van der Waals surface area contributed by atoms with Crippen LogP contribution in [-0.2, 0) is 19.1 Å². The van der Waals surface area contributed by atoms with Gasteiger partial charge in [-0.05, 0) is 34.1 Å². The molecule has 16 heavy (non-hydrogen) atoms. The highest BCUT2D eigenvalue weighted by Crippen LogP contribution is 2.04. The standard InChI is InChI=1S/C11H20O5/c1-7(2)15-10(13)6-5-9(12)11(14)16-8(3)4/h7-9,12H,5-6H2,1-4H3/t9-/m0/s1. The van der Waals surface area contributed by atoms with Gasteiger partial charge >= 0.3 is 11.9 Å². The second kappa shape index (κ2) is 7.22. The van der Waals surface area contributed by atoms with Crippen LogP contribution in [0, 0.1) is 0 Å². The molecule has 0 aliphatic carbocycles. The predicted molar refractivity (Wildman–Crippen MR) is 57.7 cm³/mol. The molecule has 0 aromatic heterocycles. The van der Waals surface area contributed by atoms with E-state index >= 15 is 0 Å². The minimum atomic E-state index is -1.26. The second-order valence-electron chi connectivity index (χ2n) is 4.08. The summed E-state index contributed by atoms with van der Waals surface area (Å²) in [6, 6.07) is 0. The highest BCUT2D eigenvalue weighted by Gasteiger charge is 2.19. The molecule has 0 amide bonds. The Morgan fingerprint density at radius 2 is 1.56 bits per heavy atom. The summed E-state index contributed by atoms with van der Waals surface area (Å²) in [7, 11) is 0. The summed E-state index contributed by atoms with van der Waals surface area (Å²) in [5, 5.41) is 9.37. The molecule has 0 unspecified atom stereocenters. The Bertz CT molecular complexity index is 235. The lowest BCUT2D eigenvalue weighted by molar-refractivity contribution is -0.158. The first-order chi connectivity index (χ1) is 7.32. The van der Waals surface area contributed by atoms with Gasteiger partial charge in [0.1, 0.15) is 0 Å². The van der Waals surface area contributed by atoms with Gasteiger partial charge in [0, 0.05) is 6.42 Å². The van der Waals surface area contributed by atoms with Crippen molar-refractivity contribution in [1.82, 2.24) is 0 Å². The summed E-state index contributed by atoms with van der Waals surface area (Å²) >= 11 is 0. The molecular formula is C11H20O5. The molecule has 0 aromatic rings. The first-order valence-electron chi connectivity index (χ1n) is 5.41. The van der Waals surface area contributed by atoms with Crippen molar-refractivity contribution in [2.75, 3.05) is 0 Å². The maximum Gasteiger partial charge on any atom is 0.335 e. The number of hydrogen-bond acceptors (Lipinski definition) is 5. The van der Waals surface area contributed by atoms with E-state index in [4.69, 9.17) is 9.47 Å². The highest BCUT2D eigenvalue weighted by atomic mass is 16.6. The molecule has 5 nitrogen and oxygen atoms in total. The fraction of sp³-hybridized carbons (Fsp3) is 0.818. The van der Waals surface area contributed by atoms with E-state index in [1.807, 2.05) is 0 Å². The lowest BCUT2D eigenvalue weighted by Crippen LogP contribution is -2.26. The van der Waals surface area contributed by atoms with E-state index < -0.39 is 18.0 Å². The quantitative estimate of drug-likeness (QED) is 0.692. The summed E-state index contributed by atoms with van der Waals surface area (Å²) in [5.74, 6) is -1.13. The van der Waals surface area contributed by atoms with Crippen LogP contribution in [0.1, 0.15) is 40.5 Å². The molecule has 5 heteroatoms. The van der Waals surface area contributed by atoms with E-state index in [9.17, 15) is 14.7 Å². The Hall–Kier alpha value is -1.10. The van der Waals surface area contributed by atoms with Gasteiger partial charge in [0.25, 0.3) is 0 Å². The third-order valence-electron chi connectivity index (χ3n) is 1.61. The third-order valence-corrected chi connectivity index (χ3v) is 1.61. The lowest BCUT2D eigenvalue weighted by Gasteiger charge is -2.13. The molecule has 0 heterocycles. The monoisotopic (exact) mass is 232 g/mol. The van der Waals surface area contributed by atoms with Crippen molar-refractivity contribution in [3.63, 3.8) is 0 Å². The van der Waals surface area contributed by atoms with Gasteiger partial charge in [0.2, 0.25) is 0 Å². The van der Waals surface area contributed by atoms with E-state index in [0.29, 0.717) is 0 Å². The fourth-order valence-electron chi connectivity index (χ4n) is 1.01. The van der Waals surface area contributed by atoms with Crippen LogP contribution < -0.4 is 0 Å². The van der Waals surface area contributed by atoms with Gasteiger partial charge < -0.3 is 14.6 Å². The Morgan fingerprint density at radius 1 is 1.06 bits per heavy atom. The van der Waals surface area contributed by atoms with Gasteiger partial charge in [-0.3, -0.25) is 4.79 Å². The van der Waals surface area contributed by atoms with Gasteiger partial charge in [0.15, 0.2) is 6.10 Å². The van der Waals surface area contributed by atoms with Crippen LogP contribution in [-0.4, -0.2) is 35.4 Å². The molecule has 0 spiro atoms.